The third-order valence-corrected chi connectivity index (χ3v) is 6.64. The second kappa shape index (κ2) is 8.84. The second-order valence-corrected chi connectivity index (χ2v) is 8.94. The minimum Gasteiger partial charge on any atom is -0.376 e. The van der Waals surface area contributed by atoms with Crippen molar-refractivity contribution in [2.75, 3.05) is 13.2 Å². The summed E-state index contributed by atoms with van der Waals surface area (Å²) in [5.41, 5.74) is 4.00. The van der Waals surface area contributed by atoms with Gasteiger partial charge < -0.3 is 19.9 Å². The van der Waals surface area contributed by atoms with Crippen molar-refractivity contribution >= 4 is 28.2 Å². The molecule has 1 unspecified atom stereocenters. The average Bonchev–Trinajstić information content (AvgIpc) is 3.38. The van der Waals surface area contributed by atoms with E-state index in [-0.39, 0.29) is 11.7 Å². The molecule has 1 atom stereocenters. The predicted octanol–water partition coefficient (Wildman–Crippen LogP) is 3.94. The van der Waals surface area contributed by atoms with Crippen LogP contribution in [-0.2, 0) is 11.3 Å². The molecule has 1 saturated carbocycles. The molecule has 1 aliphatic carbocycles. The predicted molar refractivity (Wildman–Crippen MR) is 121 cm³/mol. The van der Waals surface area contributed by atoms with E-state index in [2.05, 4.69) is 35.1 Å². The van der Waals surface area contributed by atoms with Gasteiger partial charge in [-0.05, 0) is 75.0 Å². The smallest absolute Gasteiger partial charge is 0.253 e. The lowest BCUT2D eigenvalue weighted by atomic mass is 10.0. The number of hydrogen-bond acceptors (Lipinski definition) is 3. The maximum absolute atomic E-state index is 12.8. The summed E-state index contributed by atoms with van der Waals surface area (Å²) < 4.78 is 5.72. The summed E-state index contributed by atoms with van der Waals surface area (Å²) in [5, 5.41) is 5.27. The number of aromatic nitrogens is 1. The van der Waals surface area contributed by atoms with Crippen molar-refractivity contribution in [2.24, 2.45) is 0 Å². The number of pyridine rings is 1. The Bertz CT molecular complexity index is 943. The highest BCUT2D eigenvalue weighted by Crippen LogP contribution is 2.26. The lowest BCUT2D eigenvalue weighted by Crippen LogP contribution is -2.47. The van der Waals surface area contributed by atoms with E-state index in [1.807, 2.05) is 12.1 Å². The van der Waals surface area contributed by atoms with Crippen molar-refractivity contribution in [1.82, 2.24) is 15.2 Å². The molecule has 2 aliphatic rings. The summed E-state index contributed by atoms with van der Waals surface area (Å²) in [4.78, 5) is 18.1. The van der Waals surface area contributed by atoms with Crippen LogP contribution in [0.2, 0.25) is 0 Å². The van der Waals surface area contributed by atoms with E-state index < -0.39 is 0 Å². The SMILES string of the molecule is Cc1cc(C)c2cc(CN(C(=S)NCC3CCCO3)C3CCCC3)c(=O)[nH]c2c1. The van der Waals surface area contributed by atoms with Gasteiger partial charge in [0.15, 0.2) is 5.11 Å². The number of benzene rings is 1. The summed E-state index contributed by atoms with van der Waals surface area (Å²) in [6, 6.07) is 6.64. The molecular weight excluding hydrogens is 382 g/mol. The Morgan fingerprint density at radius 3 is 2.72 bits per heavy atom. The molecule has 0 spiro atoms. The summed E-state index contributed by atoms with van der Waals surface area (Å²) >= 11 is 5.77. The van der Waals surface area contributed by atoms with E-state index in [9.17, 15) is 4.79 Å². The van der Waals surface area contributed by atoms with E-state index in [0.29, 0.717) is 12.6 Å². The van der Waals surface area contributed by atoms with Crippen molar-refractivity contribution in [3.63, 3.8) is 0 Å². The van der Waals surface area contributed by atoms with E-state index in [0.717, 1.165) is 66.0 Å². The molecule has 2 fully saturated rings. The van der Waals surface area contributed by atoms with Gasteiger partial charge in [0.2, 0.25) is 0 Å². The molecule has 4 rings (SSSR count). The third kappa shape index (κ3) is 4.64. The lowest BCUT2D eigenvalue weighted by molar-refractivity contribution is 0.113. The van der Waals surface area contributed by atoms with Gasteiger partial charge in [0.1, 0.15) is 0 Å². The van der Waals surface area contributed by atoms with Gasteiger partial charge in [-0.1, -0.05) is 18.9 Å². The lowest BCUT2D eigenvalue weighted by Gasteiger charge is -2.32. The summed E-state index contributed by atoms with van der Waals surface area (Å²) in [6.07, 6.45) is 7.16. The first-order valence-corrected chi connectivity index (χ1v) is 11.2. The minimum atomic E-state index is -0.0209. The number of ether oxygens (including phenoxy) is 1. The van der Waals surface area contributed by atoms with E-state index in [4.69, 9.17) is 17.0 Å². The monoisotopic (exact) mass is 413 g/mol. The fourth-order valence-corrected chi connectivity index (χ4v) is 5.00. The van der Waals surface area contributed by atoms with Gasteiger partial charge in [-0.3, -0.25) is 4.79 Å². The first-order chi connectivity index (χ1) is 14.0. The van der Waals surface area contributed by atoms with Crippen LogP contribution in [0.15, 0.2) is 23.0 Å². The van der Waals surface area contributed by atoms with Gasteiger partial charge in [0.25, 0.3) is 5.56 Å². The van der Waals surface area contributed by atoms with Crippen LogP contribution in [0.1, 0.15) is 55.2 Å². The fourth-order valence-electron chi connectivity index (χ4n) is 4.71. The molecule has 2 heterocycles. The minimum absolute atomic E-state index is 0.0209. The Hall–Kier alpha value is -1.92. The van der Waals surface area contributed by atoms with Crippen molar-refractivity contribution in [3.05, 3.63) is 45.2 Å². The maximum Gasteiger partial charge on any atom is 0.253 e. The first kappa shape index (κ1) is 20.4. The molecule has 0 radical (unpaired) electrons. The Kier molecular flexibility index (Phi) is 6.20. The van der Waals surface area contributed by atoms with Gasteiger partial charge in [-0.25, -0.2) is 0 Å². The van der Waals surface area contributed by atoms with Crippen LogP contribution in [-0.4, -0.2) is 40.3 Å². The van der Waals surface area contributed by atoms with E-state index in [1.165, 1.54) is 18.4 Å². The molecule has 0 amide bonds. The Morgan fingerprint density at radius 1 is 1.21 bits per heavy atom. The number of nitrogens with zero attached hydrogens (tertiary/aromatic N) is 1. The number of aryl methyl sites for hydroxylation is 2. The zero-order chi connectivity index (χ0) is 20.4. The fraction of sp³-hybridized carbons (Fsp3) is 0.565. The summed E-state index contributed by atoms with van der Waals surface area (Å²) in [7, 11) is 0. The molecule has 1 saturated heterocycles. The van der Waals surface area contributed by atoms with Crippen LogP contribution in [0, 0.1) is 13.8 Å². The molecule has 1 aliphatic heterocycles. The molecule has 2 N–H and O–H groups in total. The zero-order valence-corrected chi connectivity index (χ0v) is 18.2. The molecule has 0 bridgehead atoms. The van der Waals surface area contributed by atoms with Crippen LogP contribution in [0.3, 0.4) is 0 Å². The van der Waals surface area contributed by atoms with Gasteiger partial charge in [-0.2, -0.15) is 0 Å². The number of hydrogen-bond donors (Lipinski definition) is 2. The zero-order valence-electron chi connectivity index (χ0n) is 17.4. The van der Waals surface area contributed by atoms with Gasteiger partial charge in [0, 0.05) is 35.7 Å². The number of nitrogens with one attached hydrogen (secondary N) is 2. The Morgan fingerprint density at radius 2 is 2.00 bits per heavy atom. The van der Waals surface area contributed by atoms with Crippen LogP contribution < -0.4 is 10.9 Å². The number of aromatic amines is 1. The number of thiocarbonyl (C=S) groups is 1. The highest BCUT2D eigenvalue weighted by molar-refractivity contribution is 7.80. The van der Waals surface area contributed by atoms with Crippen molar-refractivity contribution in [1.29, 1.82) is 0 Å². The van der Waals surface area contributed by atoms with Crippen LogP contribution in [0.25, 0.3) is 10.9 Å². The van der Waals surface area contributed by atoms with Crippen LogP contribution >= 0.6 is 12.2 Å². The molecule has 1 aromatic heterocycles. The molecule has 29 heavy (non-hydrogen) atoms. The molecule has 6 heteroatoms. The highest BCUT2D eigenvalue weighted by Gasteiger charge is 2.26. The maximum atomic E-state index is 12.8. The highest BCUT2D eigenvalue weighted by atomic mass is 32.1. The number of rotatable bonds is 5. The quantitative estimate of drug-likeness (QED) is 0.727. The molecule has 5 nitrogen and oxygen atoms in total. The molecule has 1 aromatic carbocycles. The van der Waals surface area contributed by atoms with Crippen molar-refractivity contribution in [2.45, 2.75) is 71.1 Å². The van der Waals surface area contributed by atoms with Gasteiger partial charge in [-0.15, -0.1) is 0 Å². The number of fused-ring (bicyclic) bond motifs is 1. The first-order valence-electron chi connectivity index (χ1n) is 10.8. The molecule has 2 aromatic rings. The van der Waals surface area contributed by atoms with Crippen molar-refractivity contribution < 1.29 is 4.74 Å². The largest absolute Gasteiger partial charge is 0.376 e. The van der Waals surface area contributed by atoms with Gasteiger partial charge in [0.05, 0.1) is 12.6 Å². The standard InChI is InChI=1S/C23H31N3O2S/c1-15-10-16(2)20-12-17(22(27)25-21(20)11-15)14-26(18-6-3-4-7-18)23(29)24-13-19-8-5-9-28-19/h10-12,18-19H,3-9,13-14H2,1-2H3,(H,24,29)(H,25,27). The average molecular weight is 414 g/mol. The van der Waals surface area contributed by atoms with E-state index in [1.54, 1.807) is 0 Å². The normalized spacial score (nSPS) is 19.7. The summed E-state index contributed by atoms with van der Waals surface area (Å²) in [5.74, 6) is 0. The Labute approximate surface area is 177 Å². The number of H-pyrrole nitrogens is 1. The van der Waals surface area contributed by atoms with Crippen LogP contribution in [0.4, 0.5) is 0 Å². The molecular formula is C23H31N3O2S. The van der Waals surface area contributed by atoms with Crippen molar-refractivity contribution in [3.8, 4) is 0 Å². The third-order valence-electron chi connectivity index (χ3n) is 6.26. The Balaban J connectivity index is 1.57. The van der Waals surface area contributed by atoms with Crippen LogP contribution in [0.5, 0.6) is 0 Å². The van der Waals surface area contributed by atoms with E-state index >= 15 is 0 Å². The second-order valence-electron chi connectivity index (χ2n) is 8.55. The summed E-state index contributed by atoms with van der Waals surface area (Å²) in [6.45, 7) is 6.28. The molecule has 156 valence electrons. The topological polar surface area (TPSA) is 57.4 Å². The van der Waals surface area contributed by atoms with Gasteiger partial charge >= 0.3 is 0 Å².